The van der Waals surface area contributed by atoms with Gasteiger partial charge in [0.25, 0.3) is 5.91 Å². The van der Waals surface area contributed by atoms with Crippen molar-refractivity contribution in [1.82, 2.24) is 9.88 Å². The fraction of sp³-hybridized carbons (Fsp3) is 0.571. The minimum absolute atomic E-state index is 0.130. The van der Waals surface area contributed by atoms with Gasteiger partial charge < -0.3 is 15.0 Å². The second kappa shape index (κ2) is 5.60. The average molecular weight is 343 g/mol. The lowest BCUT2D eigenvalue weighted by Crippen LogP contribution is -2.41. The molecule has 5 nitrogen and oxygen atoms in total. The molecule has 2 rings (SSSR count). The molecule has 1 unspecified atom stereocenters. The molecule has 110 valence electrons. The van der Waals surface area contributed by atoms with Gasteiger partial charge in [-0.3, -0.25) is 9.59 Å². The summed E-state index contributed by atoms with van der Waals surface area (Å²) in [4.78, 5) is 23.5. The zero-order valence-corrected chi connectivity index (χ0v) is 13.2. The molecule has 0 aromatic carbocycles. The third-order valence-corrected chi connectivity index (χ3v) is 4.36. The molecule has 1 aliphatic carbocycles. The first-order valence-corrected chi connectivity index (χ1v) is 7.55. The Morgan fingerprint density at radius 2 is 2.20 bits per heavy atom. The molecule has 20 heavy (non-hydrogen) atoms. The van der Waals surface area contributed by atoms with Crippen LogP contribution >= 0.6 is 15.9 Å². The molecule has 1 aromatic rings. The summed E-state index contributed by atoms with van der Waals surface area (Å²) in [7, 11) is 0. The van der Waals surface area contributed by atoms with Crippen molar-refractivity contribution in [3.05, 3.63) is 22.4 Å². The molecule has 1 aliphatic rings. The number of carbonyl (C=O) groups excluding carboxylic acids is 1. The van der Waals surface area contributed by atoms with E-state index in [0.29, 0.717) is 18.2 Å². The van der Waals surface area contributed by atoms with Crippen LogP contribution in [0, 0.1) is 5.41 Å². The topological polar surface area (TPSA) is 71.3 Å². The summed E-state index contributed by atoms with van der Waals surface area (Å²) in [6.45, 7) is 3.58. The fourth-order valence-electron chi connectivity index (χ4n) is 2.00. The number of hydrogen-bond acceptors (Lipinski definition) is 2. The number of carbonyl (C=O) groups is 2. The van der Waals surface area contributed by atoms with E-state index in [1.165, 1.54) is 0 Å². The second-order valence-corrected chi connectivity index (χ2v) is 6.50. The molecule has 0 aliphatic heterocycles. The largest absolute Gasteiger partial charge is 0.481 e. The Balaban J connectivity index is 2.07. The molecule has 6 heteroatoms. The highest BCUT2D eigenvalue weighted by molar-refractivity contribution is 9.10. The lowest BCUT2D eigenvalue weighted by Gasteiger charge is -2.23. The van der Waals surface area contributed by atoms with Gasteiger partial charge >= 0.3 is 5.97 Å². The Bertz CT molecular complexity index is 537. The van der Waals surface area contributed by atoms with Crippen LogP contribution in [0.5, 0.6) is 0 Å². The minimum Gasteiger partial charge on any atom is -0.481 e. The van der Waals surface area contributed by atoms with Gasteiger partial charge in [-0.2, -0.15) is 0 Å². The molecule has 1 aromatic heterocycles. The number of hydrogen-bond donors (Lipinski definition) is 2. The molecule has 1 saturated carbocycles. The van der Waals surface area contributed by atoms with Crippen molar-refractivity contribution in [2.75, 3.05) is 6.54 Å². The van der Waals surface area contributed by atoms with Crippen molar-refractivity contribution < 1.29 is 14.7 Å². The highest BCUT2D eigenvalue weighted by Gasteiger charge is 2.33. The molecule has 1 amide bonds. The minimum atomic E-state index is -0.927. The predicted molar refractivity (Wildman–Crippen MR) is 78.8 cm³/mol. The van der Waals surface area contributed by atoms with Crippen LogP contribution in [0.2, 0.25) is 0 Å². The summed E-state index contributed by atoms with van der Waals surface area (Å²) in [6.07, 6.45) is 4.55. The van der Waals surface area contributed by atoms with Crippen LogP contribution in [0.3, 0.4) is 0 Å². The quantitative estimate of drug-likeness (QED) is 0.834. The molecule has 0 bridgehead atoms. The van der Waals surface area contributed by atoms with Gasteiger partial charge in [0.1, 0.15) is 5.69 Å². The lowest BCUT2D eigenvalue weighted by molar-refractivity contribution is -0.147. The lowest BCUT2D eigenvalue weighted by atomic mass is 9.88. The second-order valence-electron chi connectivity index (χ2n) is 5.58. The first kappa shape index (κ1) is 15.1. The summed E-state index contributed by atoms with van der Waals surface area (Å²) >= 11 is 3.38. The number of carboxylic acid groups (broad SMARTS) is 1. The smallest absolute Gasteiger partial charge is 0.311 e. The summed E-state index contributed by atoms with van der Waals surface area (Å²) in [5.41, 5.74) is -0.340. The number of halogens is 1. The SMILES string of the molecule is CCC(C)(CNC(=O)c1cc(Br)cn1C1CC1)C(=O)O. The highest BCUT2D eigenvalue weighted by Crippen LogP contribution is 2.37. The number of nitrogens with one attached hydrogen (secondary N) is 1. The molecular formula is C14H19BrN2O3. The number of aromatic nitrogens is 1. The van der Waals surface area contributed by atoms with Crippen LogP contribution in [0.1, 0.15) is 49.6 Å². The Morgan fingerprint density at radius 3 is 2.70 bits per heavy atom. The van der Waals surface area contributed by atoms with Crippen LogP contribution in [0.4, 0.5) is 0 Å². The molecule has 1 fully saturated rings. The summed E-state index contributed by atoms with van der Waals surface area (Å²) in [6, 6.07) is 2.18. The standard InChI is InChI=1S/C14H19BrN2O3/c1-3-14(2,13(19)20)8-16-12(18)11-6-9(15)7-17(11)10-4-5-10/h6-7,10H,3-5,8H2,1-2H3,(H,16,18)(H,19,20). The number of nitrogens with zero attached hydrogens (tertiary/aromatic N) is 1. The van der Waals surface area contributed by atoms with Gasteiger partial charge in [0.15, 0.2) is 0 Å². The third kappa shape index (κ3) is 3.06. The van der Waals surface area contributed by atoms with Crippen molar-refractivity contribution in [3.8, 4) is 0 Å². The van der Waals surface area contributed by atoms with Gasteiger partial charge in [-0.15, -0.1) is 0 Å². The van der Waals surface area contributed by atoms with E-state index in [0.717, 1.165) is 17.3 Å². The van der Waals surface area contributed by atoms with E-state index < -0.39 is 11.4 Å². The predicted octanol–water partition coefficient (Wildman–Crippen LogP) is 2.82. The third-order valence-electron chi connectivity index (χ3n) is 3.92. The van der Waals surface area contributed by atoms with Gasteiger partial charge in [-0.1, -0.05) is 6.92 Å². The zero-order chi connectivity index (χ0) is 14.9. The number of aliphatic carboxylic acids is 1. The fourth-order valence-corrected chi connectivity index (χ4v) is 2.44. The van der Waals surface area contributed by atoms with Gasteiger partial charge in [-0.05, 0) is 48.2 Å². The Hall–Kier alpha value is -1.30. The van der Waals surface area contributed by atoms with Gasteiger partial charge in [0.05, 0.1) is 5.41 Å². The summed E-state index contributed by atoms with van der Waals surface area (Å²) in [5.74, 6) is -1.11. The van der Waals surface area contributed by atoms with E-state index in [1.54, 1.807) is 13.0 Å². The number of rotatable bonds is 6. The van der Waals surface area contributed by atoms with E-state index in [-0.39, 0.29) is 12.5 Å². The van der Waals surface area contributed by atoms with Crippen molar-refractivity contribution in [1.29, 1.82) is 0 Å². The van der Waals surface area contributed by atoms with Gasteiger partial charge in [0.2, 0.25) is 0 Å². The Kier molecular flexibility index (Phi) is 4.22. The maximum Gasteiger partial charge on any atom is 0.311 e. The van der Waals surface area contributed by atoms with Crippen LogP contribution in [-0.4, -0.2) is 28.1 Å². The Labute approximate surface area is 126 Å². The maximum atomic E-state index is 12.3. The van der Waals surface area contributed by atoms with Gasteiger partial charge in [0, 0.05) is 23.3 Å². The van der Waals surface area contributed by atoms with Crippen molar-refractivity contribution in [2.45, 2.75) is 39.2 Å². The summed E-state index contributed by atoms with van der Waals surface area (Å²) in [5, 5.41) is 12.0. The van der Waals surface area contributed by atoms with E-state index in [9.17, 15) is 14.7 Å². The van der Waals surface area contributed by atoms with E-state index in [1.807, 2.05) is 17.7 Å². The first-order valence-electron chi connectivity index (χ1n) is 6.76. The molecule has 1 heterocycles. The van der Waals surface area contributed by atoms with Crippen molar-refractivity contribution in [2.24, 2.45) is 5.41 Å². The molecular weight excluding hydrogens is 324 g/mol. The molecule has 0 saturated heterocycles. The Morgan fingerprint density at radius 1 is 1.55 bits per heavy atom. The van der Waals surface area contributed by atoms with Crippen LogP contribution < -0.4 is 5.32 Å². The van der Waals surface area contributed by atoms with Crippen molar-refractivity contribution in [3.63, 3.8) is 0 Å². The van der Waals surface area contributed by atoms with Crippen LogP contribution in [0.25, 0.3) is 0 Å². The molecule has 1 atom stereocenters. The zero-order valence-electron chi connectivity index (χ0n) is 11.6. The van der Waals surface area contributed by atoms with E-state index in [4.69, 9.17) is 0 Å². The highest BCUT2D eigenvalue weighted by atomic mass is 79.9. The average Bonchev–Trinajstić information content (AvgIpc) is 3.18. The number of carboxylic acids is 1. The molecule has 0 radical (unpaired) electrons. The van der Waals surface area contributed by atoms with Crippen LogP contribution in [-0.2, 0) is 4.79 Å². The van der Waals surface area contributed by atoms with E-state index >= 15 is 0 Å². The van der Waals surface area contributed by atoms with E-state index in [2.05, 4.69) is 21.2 Å². The normalized spacial score (nSPS) is 17.6. The number of amides is 1. The molecule has 0 spiro atoms. The first-order chi connectivity index (χ1) is 9.37. The van der Waals surface area contributed by atoms with Gasteiger partial charge in [-0.25, -0.2) is 0 Å². The monoisotopic (exact) mass is 342 g/mol. The maximum absolute atomic E-state index is 12.3. The van der Waals surface area contributed by atoms with Crippen LogP contribution in [0.15, 0.2) is 16.7 Å². The summed E-state index contributed by atoms with van der Waals surface area (Å²) < 4.78 is 2.83. The molecule has 2 N–H and O–H groups in total. The van der Waals surface area contributed by atoms with Crippen molar-refractivity contribution >= 4 is 27.8 Å².